The summed E-state index contributed by atoms with van der Waals surface area (Å²) in [6, 6.07) is 2.26. The molecule has 98 valence electrons. The van der Waals surface area contributed by atoms with E-state index in [9.17, 15) is 8.42 Å². The van der Waals surface area contributed by atoms with Crippen LogP contribution in [-0.4, -0.2) is 32.4 Å². The average Bonchev–Trinajstić information content (AvgIpc) is 2.27. The third-order valence-corrected chi connectivity index (χ3v) is 4.69. The summed E-state index contributed by atoms with van der Waals surface area (Å²) in [7, 11) is -3.36. The zero-order valence-electron chi connectivity index (χ0n) is 10.7. The summed E-state index contributed by atoms with van der Waals surface area (Å²) in [5, 5.41) is 8.98. The van der Waals surface area contributed by atoms with E-state index in [4.69, 9.17) is 5.26 Å². The van der Waals surface area contributed by atoms with Gasteiger partial charge in [0.2, 0.25) is 0 Å². The van der Waals surface area contributed by atoms with Gasteiger partial charge in [-0.15, -0.1) is 0 Å². The molecule has 0 saturated carbocycles. The van der Waals surface area contributed by atoms with Crippen molar-refractivity contribution in [3.05, 3.63) is 0 Å². The molecule has 1 fully saturated rings. The van der Waals surface area contributed by atoms with Crippen molar-refractivity contribution in [2.24, 2.45) is 11.3 Å². The smallest absolute Gasteiger partial charge is 0.202 e. The lowest BCUT2D eigenvalue weighted by atomic mass is 9.83. The molecule has 0 atom stereocenters. The largest absolute Gasteiger partial charge is 0.279 e. The second kappa shape index (κ2) is 5.34. The van der Waals surface area contributed by atoms with Gasteiger partial charge in [-0.2, -0.15) is 18.0 Å². The molecule has 0 amide bonds. The number of hydrogen-bond donors (Lipinski definition) is 1. The van der Waals surface area contributed by atoms with E-state index < -0.39 is 10.2 Å². The van der Waals surface area contributed by atoms with Crippen molar-refractivity contribution >= 4 is 10.2 Å². The second-order valence-electron chi connectivity index (χ2n) is 5.32. The van der Waals surface area contributed by atoms with Crippen LogP contribution in [0.15, 0.2) is 0 Å². The van der Waals surface area contributed by atoms with E-state index in [0.29, 0.717) is 38.4 Å². The molecule has 1 aliphatic rings. The summed E-state index contributed by atoms with van der Waals surface area (Å²) < 4.78 is 27.9. The molecular formula is C11H21N3O2S. The second-order valence-corrected chi connectivity index (χ2v) is 7.07. The monoisotopic (exact) mass is 259 g/mol. The van der Waals surface area contributed by atoms with E-state index >= 15 is 0 Å². The zero-order valence-corrected chi connectivity index (χ0v) is 11.5. The summed E-state index contributed by atoms with van der Waals surface area (Å²) in [4.78, 5) is 0. The van der Waals surface area contributed by atoms with E-state index in [0.717, 1.165) is 0 Å². The van der Waals surface area contributed by atoms with Crippen molar-refractivity contribution in [3.63, 3.8) is 0 Å². The van der Waals surface area contributed by atoms with Gasteiger partial charge in [-0.1, -0.05) is 13.8 Å². The molecule has 1 N–H and O–H groups in total. The van der Waals surface area contributed by atoms with Gasteiger partial charge in [0.05, 0.1) is 11.5 Å². The van der Waals surface area contributed by atoms with Crippen LogP contribution in [0.25, 0.3) is 0 Å². The van der Waals surface area contributed by atoms with Crippen LogP contribution in [0.4, 0.5) is 0 Å². The molecule has 5 nitrogen and oxygen atoms in total. The molecule has 0 aromatic rings. The van der Waals surface area contributed by atoms with Gasteiger partial charge in [-0.3, -0.25) is 0 Å². The Hall–Kier alpha value is -0.640. The summed E-state index contributed by atoms with van der Waals surface area (Å²) >= 11 is 0. The van der Waals surface area contributed by atoms with Crippen molar-refractivity contribution in [2.45, 2.75) is 33.6 Å². The highest BCUT2D eigenvalue weighted by Gasteiger charge is 2.34. The van der Waals surface area contributed by atoms with E-state index in [1.54, 1.807) is 0 Å². The van der Waals surface area contributed by atoms with E-state index in [1.807, 2.05) is 20.8 Å². The molecule has 0 radical (unpaired) electrons. The molecule has 1 saturated heterocycles. The number of rotatable bonds is 4. The Bertz CT molecular complexity index is 389. The van der Waals surface area contributed by atoms with Gasteiger partial charge in [0.25, 0.3) is 10.2 Å². The fourth-order valence-corrected chi connectivity index (χ4v) is 3.08. The predicted octanol–water partition coefficient (Wildman–Crippen LogP) is 1.10. The molecule has 0 unspecified atom stereocenters. The van der Waals surface area contributed by atoms with Crippen molar-refractivity contribution < 1.29 is 8.42 Å². The minimum Gasteiger partial charge on any atom is -0.202 e. The molecule has 6 heteroatoms. The Kier molecular flexibility index (Phi) is 4.53. The SMILES string of the molecule is CC(C)CNS(=O)(=O)N1CCC(C)(C#N)CC1. The standard InChI is InChI=1S/C11H21N3O2S/c1-10(2)8-13-17(15,16)14-6-4-11(3,9-12)5-7-14/h10,13H,4-8H2,1-3H3. The van der Waals surface area contributed by atoms with Crippen molar-refractivity contribution in [1.82, 2.24) is 9.03 Å². The first-order chi connectivity index (χ1) is 7.79. The lowest BCUT2D eigenvalue weighted by Gasteiger charge is -2.34. The van der Waals surface area contributed by atoms with Crippen molar-refractivity contribution in [1.29, 1.82) is 5.26 Å². The van der Waals surface area contributed by atoms with Crippen LogP contribution in [0.1, 0.15) is 33.6 Å². The highest BCUT2D eigenvalue weighted by Crippen LogP contribution is 2.30. The molecule has 1 aliphatic heterocycles. The normalized spacial score (nSPS) is 21.4. The predicted molar refractivity (Wildman–Crippen MR) is 66.3 cm³/mol. The summed E-state index contributed by atoms with van der Waals surface area (Å²) in [5.41, 5.74) is -0.371. The van der Waals surface area contributed by atoms with Gasteiger partial charge in [-0.25, -0.2) is 4.72 Å². The Morgan fingerprint density at radius 3 is 2.35 bits per heavy atom. The van der Waals surface area contributed by atoms with Crippen molar-refractivity contribution in [2.75, 3.05) is 19.6 Å². The lowest BCUT2D eigenvalue weighted by molar-refractivity contribution is 0.230. The first kappa shape index (κ1) is 14.4. The maximum absolute atomic E-state index is 11.9. The Morgan fingerprint density at radius 2 is 1.94 bits per heavy atom. The van der Waals surface area contributed by atoms with Gasteiger partial charge in [0, 0.05) is 19.6 Å². The topological polar surface area (TPSA) is 73.2 Å². The lowest BCUT2D eigenvalue weighted by Crippen LogP contribution is -2.47. The molecular weight excluding hydrogens is 238 g/mol. The fourth-order valence-electron chi connectivity index (χ4n) is 1.70. The van der Waals surface area contributed by atoms with E-state index in [2.05, 4.69) is 10.8 Å². The molecule has 0 bridgehead atoms. The summed E-state index contributed by atoms with van der Waals surface area (Å²) in [5.74, 6) is 0.291. The van der Waals surface area contributed by atoms with E-state index in [-0.39, 0.29) is 5.41 Å². The number of nitrogens with zero attached hydrogens (tertiary/aromatic N) is 2. The number of piperidine rings is 1. The molecule has 1 heterocycles. The highest BCUT2D eigenvalue weighted by molar-refractivity contribution is 7.87. The number of nitriles is 1. The Morgan fingerprint density at radius 1 is 1.41 bits per heavy atom. The zero-order chi connectivity index (χ0) is 13.1. The quantitative estimate of drug-likeness (QED) is 0.821. The van der Waals surface area contributed by atoms with Gasteiger partial charge in [-0.05, 0) is 25.7 Å². The van der Waals surface area contributed by atoms with Gasteiger partial charge >= 0.3 is 0 Å². The molecule has 1 rings (SSSR count). The van der Waals surface area contributed by atoms with Crippen LogP contribution in [0, 0.1) is 22.7 Å². The maximum atomic E-state index is 11.9. The third-order valence-electron chi connectivity index (χ3n) is 3.11. The molecule has 0 aromatic heterocycles. The fraction of sp³-hybridized carbons (Fsp3) is 0.909. The minimum atomic E-state index is -3.36. The number of nitrogens with one attached hydrogen (secondary N) is 1. The van der Waals surface area contributed by atoms with Crippen LogP contribution in [-0.2, 0) is 10.2 Å². The van der Waals surface area contributed by atoms with Crippen LogP contribution in [0.5, 0.6) is 0 Å². The Balaban J connectivity index is 2.57. The first-order valence-electron chi connectivity index (χ1n) is 5.95. The number of hydrogen-bond acceptors (Lipinski definition) is 3. The summed E-state index contributed by atoms with van der Waals surface area (Å²) in [6.45, 7) is 7.12. The van der Waals surface area contributed by atoms with Crippen LogP contribution in [0.2, 0.25) is 0 Å². The van der Waals surface area contributed by atoms with E-state index in [1.165, 1.54) is 4.31 Å². The maximum Gasteiger partial charge on any atom is 0.279 e. The van der Waals surface area contributed by atoms with Gasteiger partial charge < -0.3 is 0 Å². The first-order valence-corrected chi connectivity index (χ1v) is 7.39. The van der Waals surface area contributed by atoms with Gasteiger partial charge in [0.15, 0.2) is 0 Å². The average molecular weight is 259 g/mol. The van der Waals surface area contributed by atoms with Crippen LogP contribution < -0.4 is 4.72 Å². The molecule has 0 aliphatic carbocycles. The molecule has 0 aromatic carbocycles. The van der Waals surface area contributed by atoms with Crippen LogP contribution in [0.3, 0.4) is 0 Å². The van der Waals surface area contributed by atoms with Gasteiger partial charge in [0.1, 0.15) is 0 Å². The third kappa shape index (κ3) is 3.95. The van der Waals surface area contributed by atoms with Crippen LogP contribution >= 0.6 is 0 Å². The molecule has 0 spiro atoms. The summed E-state index contributed by atoms with van der Waals surface area (Å²) in [6.07, 6.45) is 1.21. The Labute approximate surface area is 104 Å². The van der Waals surface area contributed by atoms with Crippen molar-refractivity contribution in [3.8, 4) is 6.07 Å². The minimum absolute atomic E-state index is 0.291. The highest BCUT2D eigenvalue weighted by atomic mass is 32.2. The molecule has 17 heavy (non-hydrogen) atoms.